The number of carbonyl (C=O) groups excluding carboxylic acids is 1. The highest BCUT2D eigenvalue weighted by Crippen LogP contribution is 2.13. The molecule has 0 aromatic carbocycles. The lowest BCUT2D eigenvalue weighted by atomic mass is 10.2. The molecule has 0 spiro atoms. The number of carbonyl (C=O) groups is 1. The number of hydrogen-bond donors (Lipinski definition) is 1. The van der Waals surface area contributed by atoms with Crippen molar-refractivity contribution in [1.82, 2.24) is 14.7 Å². The molecule has 100 valence electrons. The number of hydrogen-bond acceptors (Lipinski definition) is 4. The summed E-state index contributed by atoms with van der Waals surface area (Å²) >= 11 is 0. The molecule has 1 aliphatic rings. The van der Waals surface area contributed by atoms with E-state index >= 15 is 0 Å². The third kappa shape index (κ3) is 2.39. The number of rotatable bonds is 3. The fraction of sp³-hybridized carbons (Fsp3) is 0.667. The Bertz CT molecular complexity index is 430. The van der Waals surface area contributed by atoms with Crippen molar-refractivity contribution in [3.8, 4) is 0 Å². The molecule has 1 aromatic rings. The molecule has 0 aliphatic carbocycles. The molecule has 2 rings (SSSR count). The largest absolute Gasteiger partial charge is 0.377 e. The van der Waals surface area contributed by atoms with Crippen molar-refractivity contribution in [1.29, 1.82) is 0 Å². The molecule has 1 atom stereocenters. The maximum atomic E-state index is 12.5. The van der Waals surface area contributed by atoms with Gasteiger partial charge in [0.1, 0.15) is 5.69 Å². The maximum absolute atomic E-state index is 12.5. The molecule has 1 amide bonds. The second-order valence-electron chi connectivity index (χ2n) is 4.45. The standard InChI is InChI=1S/C12H20N4O2/c1-3-16-11(6-9(2)14-16)12(17)15-4-5-18-8-10(15)7-13/h6,10H,3-5,7-8,13H2,1-2H3. The van der Waals surface area contributed by atoms with E-state index in [0.717, 1.165) is 5.69 Å². The Balaban J connectivity index is 2.23. The number of morpholine rings is 1. The lowest BCUT2D eigenvalue weighted by Crippen LogP contribution is -2.52. The van der Waals surface area contributed by atoms with Crippen LogP contribution >= 0.6 is 0 Å². The summed E-state index contributed by atoms with van der Waals surface area (Å²) in [6.07, 6.45) is 0. The molecule has 0 saturated carbocycles. The van der Waals surface area contributed by atoms with Crippen LogP contribution in [0.3, 0.4) is 0 Å². The van der Waals surface area contributed by atoms with Gasteiger partial charge in [0, 0.05) is 19.6 Å². The van der Waals surface area contributed by atoms with Crippen molar-refractivity contribution in [2.75, 3.05) is 26.3 Å². The minimum absolute atomic E-state index is 0.00352. The molecule has 0 bridgehead atoms. The molecule has 1 unspecified atom stereocenters. The Kier molecular flexibility index (Phi) is 3.98. The predicted molar refractivity (Wildman–Crippen MR) is 67.3 cm³/mol. The molecule has 1 aromatic heterocycles. The van der Waals surface area contributed by atoms with Crippen molar-refractivity contribution in [3.05, 3.63) is 17.5 Å². The Hall–Kier alpha value is -1.40. The Morgan fingerprint density at radius 1 is 1.67 bits per heavy atom. The van der Waals surface area contributed by atoms with Crippen LogP contribution in [0.15, 0.2) is 6.07 Å². The average molecular weight is 252 g/mol. The van der Waals surface area contributed by atoms with Crippen molar-refractivity contribution in [3.63, 3.8) is 0 Å². The van der Waals surface area contributed by atoms with Crippen molar-refractivity contribution in [2.24, 2.45) is 5.73 Å². The number of nitrogens with two attached hydrogens (primary N) is 1. The number of aryl methyl sites for hydroxylation is 2. The zero-order valence-corrected chi connectivity index (χ0v) is 10.9. The zero-order valence-electron chi connectivity index (χ0n) is 10.9. The van der Waals surface area contributed by atoms with Crippen LogP contribution in [0, 0.1) is 6.92 Å². The molecular formula is C12H20N4O2. The second kappa shape index (κ2) is 5.49. The molecule has 1 saturated heterocycles. The van der Waals surface area contributed by atoms with E-state index in [4.69, 9.17) is 10.5 Å². The third-order valence-corrected chi connectivity index (χ3v) is 3.18. The topological polar surface area (TPSA) is 73.4 Å². The summed E-state index contributed by atoms with van der Waals surface area (Å²) in [7, 11) is 0. The summed E-state index contributed by atoms with van der Waals surface area (Å²) in [6.45, 7) is 6.65. The summed E-state index contributed by atoms with van der Waals surface area (Å²) in [5, 5.41) is 4.30. The summed E-state index contributed by atoms with van der Waals surface area (Å²) in [5.74, 6) is -0.00352. The highest BCUT2D eigenvalue weighted by molar-refractivity contribution is 5.93. The van der Waals surface area contributed by atoms with Gasteiger partial charge in [-0.2, -0.15) is 5.10 Å². The number of amides is 1. The predicted octanol–water partition coefficient (Wildman–Crippen LogP) is 0.0111. The second-order valence-corrected chi connectivity index (χ2v) is 4.45. The summed E-state index contributed by atoms with van der Waals surface area (Å²) in [5.41, 5.74) is 7.18. The number of ether oxygens (including phenoxy) is 1. The van der Waals surface area contributed by atoms with Crippen LogP contribution in [-0.4, -0.2) is 52.9 Å². The van der Waals surface area contributed by atoms with Gasteiger partial charge in [-0.1, -0.05) is 0 Å². The molecular weight excluding hydrogens is 232 g/mol. The van der Waals surface area contributed by atoms with Crippen LogP contribution in [0.25, 0.3) is 0 Å². The lowest BCUT2D eigenvalue weighted by molar-refractivity contribution is 0.000204. The summed E-state index contributed by atoms with van der Waals surface area (Å²) in [6, 6.07) is 1.79. The monoisotopic (exact) mass is 252 g/mol. The summed E-state index contributed by atoms with van der Waals surface area (Å²) in [4.78, 5) is 14.3. The van der Waals surface area contributed by atoms with Gasteiger partial charge in [0.2, 0.25) is 0 Å². The van der Waals surface area contributed by atoms with E-state index in [1.165, 1.54) is 0 Å². The normalized spacial score (nSPS) is 20.2. The maximum Gasteiger partial charge on any atom is 0.272 e. The van der Waals surface area contributed by atoms with Crippen LogP contribution in [0.2, 0.25) is 0 Å². The lowest BCUT2D eigenvalue weighted by Gasteiger charge is -2.34. The summed E-state index contributed by atoms with van der Waals surface area (Å²) < 4.78 is 7.09. The third-order valence-electron chi connectivity index (χ3n) is 3.18. The molecule has 1 aliphatic heterocycles. The number of nitrogens with zero attached hydrogens (tertiary/aromatic N) is 3. The molecule has 2 N–H and O–H groups in total. The van der Waals surface area contributed by atoms with E-state index in [-0.39, 0.29) is 11.9 Å². The molecule has 6 nitrogen and oxygen atoms in total. The van der Waals surface area contributed by atoms with Crippen molar-refractivity contribution >= 4 is 5.91 Å². The molecule has 1 fully saturated rings. The van der Waals surface area contributed by atoms with Crippen molar-refractivity contribution in [2.45, 2.75) is 26.4 Å². The Morgan fingerprint density at radius 3 is 3.11 bits per heavy atom. The first-order chi connectivity index (χ1) is 8.67. The highest BCUT2D eigenvalue weighted by atomic mass is 16.5. The van der Waals surface area contributed by atoms with E-state index in [2.05, 4.69) is 5.10 Å². The van der Waals surface area contributed by atoms with Gasteiger partial charge in [0.25, 0.3) is 5.91 Å². The first-order valence-corrected chi connectivity index (χ1v) is 6.30. The molecule has 2 heterocycles. The van der Waals surface area contributed by atoms with Gasteiger partial charge in [-0.25, -0.2) is 0 Å². The Labute approximate surface area is 107 Å². The molecule has 6 heteroatoms. The fourth-order valence-corrected chi connectivity index (χ4v) is 2.22. The first-order valence-electron chi connectivity index (χ1n) is 6.30. The van der Waals surface area contributed by atoms with Gasteiger partial charge in [-0.15, -0.1) is 0 Å². The van der Waals surface area contributed by atoms with E-state index in [0.29, 0.717) is 38.5 Å². The quantitative estimate of drug-likeness (QED) is 0.822. The van der Waals surface area contributed by atoms with Gasteiger partial charge in [0.15, 0.2) is 0 Å². The zero-order chi connectivity index (χ0) is 13.1. The van der Waals surface area contributed by atoms with Crippen molar-refractivity contribution < 1.29 is 9.53 Å². The first kappa shape index (κ1) is 13.0. The van der Waals surface area contributed by atoms with Gasteiger partial charge in [-0.05, 0) is 19.9 Å². The SMILES string of the molecule is CCn1nc(C)cc1C(=O)N1CCOCC1CN. The smallest absolute Gasteiger partial charge is 0.272 e. The fourth-order valence-electron chi connectivity index (χ4n) is 2.22. The van der Waals surface area contributed by atoms with Crippen LogP contribution < -0.4 is 5.73 Å². The minimum Gasteiger partial charge on any atom is -0.377 e. The van der Waals surface area contributed by atoms with Gasteiger partial charge >= 0.3 is 0 Å². The van der Waals surface area contributed by atoms with Crippen LogP contribution in [0.4, 0.5) is 0 Å². The van der Waals surface area contributed by atoms with Gasteiger partial charge in [-0.3, -0.25) is 9.48 Å². The highest BCUT2D eigenvalue weighted by Gasteiger charge is 2.29. The molecule has 0 radical (unpaired) electrons. The van der Waals surface area contributed by atoms with Gasteiger partial charge < -0.3 is 15.4 Å². The Morgan fingerprint density at radius 2 is 2.44 bits per heavy atom. The average Bonchev–Trinajstić information content (AvgIpc) is 2.79. The minimum atomic E-state index is -0.0354. The number of aromatic nitrogens is 2. The van der Waals surface area contributed by atoms with Crippen LogP contribution in [0.5, 0.6) is 0 Å². The van der Waals surface area contributed by atoms with E-state index < -0.39 is 0 Å². The van der Waals surface area contributed by atoms with E-state index in [9.17, 15) is 4.79 Å². The van der Waals surface area contributed by atoms with Gasteiger partial charge in [0.05, 0.1) is 24.9 Å². The van der Waals surface area contributed by atoms with E-state index in [1.807, 2.05) is 19.9 Å². The molecule has 18 heavy (non-hydrogen) atoms. The van der Waals surface area contributed by atoms with Crippen LogP contribution in [0.1, 0.15) is 23.1 Å². The van der Waals surface area contributed by atoms with E-state index in [1.54, 1.807) is 9.58 Å². The van der Waals surface area contributed by atoms with Crippen LogP contribution in [-0.2, 0) is 11.3 Å².